The molecule has 0 atom stereocenters. The van der Waals surface area contributed by atoms with E-state index in [0.717, 1.165) is 22.5 Å². The minimum Gasteiger partial charge on any atom is -0.348 e. The van der Waals surface area contributed by atoms with E-state index in [0.29, 0.717) is 12.1 Å². The molecule has 23 heavy (non-hydrogen) atoms. The summed E-state index contributed by atoms with van der Waals surface area (Å²) in [6.45, 7) is 4.41. The van der Waals surface area contributed by atoms with Crippen LogP contribution in [0.3, 0.4) is 0 Å². The molecule has 0 saturated carbocycles. The second-order valence-corrected chi connectivity index (χ2v) is 5.48. The Kier molecular flexibility index (Phi) is 4.19. The second kappa shape index (κ2) is 6.44. The summed E-state index contributed by atoms with van der Waals surface area (Å²) in [5.74, 6) is 0.679. The first-order chi connectivity index (χ1) is 11.1. The van der Waals surface area contributed by atoms with Crippen LogP contribution in [0.4, 0.5) is 0 Å². The lowest BCUT2D eigenvalue weighted by atomic mass is 10.1. The third-order valence-corrected chi connectivity index (χ3v) is 3.63. The van der Waals surface area contributed by atoms with E-state index in [2.05, 4.69) is 15.4 Å². The highest BCUT2D eigenvalue weighted by Crippen LogP contribution is 2.11. The predicted molar refractivity (Wildman–Crippen MR) is 88.4 cm³/mol. The Labute approximate surface area is 135 Å². The summed E-state index contributed by atoms with van der Waals surface area (Å²) in [7, 11) is 0. The van der Waals surface area contributed by atoms with E-state index in [-0.39, 0.29) is 5.91 Å². The number of nitrogens with zero attached hydrogens (tertiary/aromatic N) is 3. The smallest absolute Gasteiger partial charge is 0.251 e. The molecule has 1 aromatic carbocycles. The van der Waals surface area contributed by atoms with Crippen LogP contribution in [0.2, 0.25) is 0 Å². The van der Waals surface area contributed by atoms with Crippen LogP contribution in [-0.4, -0.2) is 20.7 Å². The number of carbonyl (C=O) groups excluding carboxylic acids is 1. The number of amides is 1. The van der Waals surface area contributed by atoms with Crippen LogP contribution in [0.25, 0.3) is 5.82 Å². The Balaban J connectivity index is 1.65. The Hall–Kier alpha value is -2.95. The molecule has 0 radical (unpaired) electrons. The highest BCUT2D eigenvalue weighted by molar-refractivity contribution is 5.95. The van der Waals surface area contributed by atoms with Gasteiger partial charge in [-0.1, -0.05) is 23.8 Å². The molecule has 0 aliphatic rings. The molecule has 0 aliphatic heterocycles. The first kappa shape index (κ1) is 15.0. The molecule has 3 rings (SSSR count). The molecule has 0 unspecified atom stereocenters. The van der Waals surface area contributed by atoms with Gasteiger partial charge in [-0.15, -0.1) is 0 Å². The van der Waals surface area contributed by atoms with Crippen molar-refractivity contribution in [1.82, 2.24) is 20.1 Å². The Morgan fingerprint density at radius 3 is 2.74 bits per heavy atom. The van der Waals surface area contributed by atoms with Gasteiger partial charge in [-0.25, -0.2) is 9.67 Å². The number of hydrogen-bond acceptors (Lipinski definition) is 3. The Bertz CT molecular complexity index is 808. The van der Waals surface area contributed by atoms with Crippen LogP contribution in [0.15, 0.2) is 55.0 Å². The Morgan fingerprint density at radius 1 is 1.22 bits per heavy atom. The molecule has 5 nitrogen and oxygen atoms in total. The van der Waals surface area contributed by atoms with Gasteiger partial charge in [0, 0.05) is 30.7 Å². The summed E-state index contributed by atoms with van der Waals surface area (Å²) >= 11 is 0. The Morgan fingerprint density at radius 2 is 2.09 bits per heavy atom. The van der Waals surface area contributed by atoms with Gasteiger partial charge in [0.1, 0.15) is 0 Å². The number of aromatic nitrogens is 3. The van der Waals surface area contributed by atoms with Gasteiger partial charge in [0.25, 0.3) is 5.91 Å². The average molecular weight is 306 g/mol. The van der Waals surface area contributed by atoms with Crippen molar-refractivity contribution in [3.05, 3.63) is 77.2 Å². The number of hydrogen-bond donors (Lipinski definition) is 1. The monoisotopic (exact) mass is 306 g/mol. The topological polar surface area (TPSA) is 59.8 Å². The van der Waals surface area contributed by atoms with Crippen molar-refractivity contribution < 1.29 is 4.79 Å². The van der Waals surface area contributed by atoms with Crippen molar-refractivity contribution in [2.75, 3.05) is 0 Å². The largest absolute Gasteiger partial charge is 0.348 e. The molecule has 0 fully saturated rings. The van der Waals surface area contributed by atoms with Gasteiger partial charge in [-0.2, -0.15) is 5.10 Å². The highest BCUT2D eigenvalue weighted by atomic mass is 16.1. The van der Waals surface area contributed by atoms with Gasteiger partial charge in [-0.05, 0) is 43.2 Å². The van der Waals surface area contributed by atoms with Crippen molar-refractivity contribution in [3.63, 3.8) is 0 Å². The van der Waals surface area contributed by atoms with Crippen LogP contribution >= 0.6 is 0 Å². The maximum absolute atomic E-state index is 12.3. The summed E-state index contributed by atoms with van der Waals surface area (Å²) < 4.78 is 1.69. The maximum atomic E-state index is 12.3. The summed E-state index contributed by atoms with van der Waals surface area (Å²) in [4.78, 5) is 16.6. The molecule has 2 aromatic heterocycles. The van der Waals surface area contributed by atoms with Gasteiger partial charge >= 0.3 is 0 Å². The molecule has 0 aliphatic carbocycles. The first-order valence-corrected chi connectivity index (χ1v) is 7.44. The van der Waals surface area contributed by atoms with E-state index in [1.54, 1.807) is 17.1 Å². The predicted octanol–water partition coefficient (Wildman–Crippen LogP) is 2.81. The van der Waals surface area contributed by atoms with Crippen molar-refractivity contribution in [2.45, 2.75) is 20.4 Å². The van der Waals surface area contributed by atoms with Crippen LogP contribution < -0.4 is 5.32 Å². The lowest BCUT2D eigenvalue weighted by molar-refractivity contribution is 0.0950. The third kappa shape index (κ3) is 3.45. The minimum absolute atomic E-state index is 0.0707. The SMILES string of the molecule is Cc1ccc(C(=O)NCc2ccc(-n3cccn3)nc2)c(C)c1. The zero-order valence-electron chi connectivity index (χ0n) is 13.2. The molecule has 0 saturated heterocycles. The van der Waals surface area contributed by atoms with Crippen LogP contribution in [0, 0.1) is 13.8 Å². The fraction of sp³-hybridized carbons (Fsp3) is 0.167. The molecular weight excluding hydrogens is 288 g/mol. The van der Waals surface area contributed by atoms with Crippen LogP contribution in [-0.2, 0) is 6.54 Å². The number of pyridine rings is 1. The fourth-order valence-corrected chi connectivity index (χ4v) is 2.41. The molecule has 0 spiro atoms. The van der Waals surface area contributed by atoms with Gasteiger partial charge in [0.05, 0.1) is 0 Å². The average Bonchev–Trinajstić information content (AvgIpc) is 3.07. The van der Waals surface area contributed by atoms with Crippen LogP contribution in [0.5, 0.6) is 0 Å². The zero-order valence-corrected chi connectivity index (χ0v) is 13.2. The van der Waals surface area contributed by atoms with Gasteiger partial charge < -0.3 is 5.32 Å². The quantitative estimate of drug-likeness (QED) is 0.806. The molecule has 1 N–H and O–H groups in total. The number of benzene rings is 1. The van der Waals surface area contributed by atoms with Crippen molar-refractivity contribution >= 4 is 5.91 Å². The normalized spacial score (nSPS) is 10.5. The molecule has 5 heteroatoms. The number of aryl methyl sites for hydroxylation is 2. The van der Waals surface area contributed by atoms with Gasteiger partial charge in [-0.3, -0.25) is 4.79 Å². The summed E-state index contributed by atoms with van der Waals surface area (Å²) in [6.07, 6.45) is 5.29. The fourth-order valence-electron chi connectivity index (χ4n) is 2.41. The lowest BCUT2D eigenvalue weighted by Gasteiger charge is -2.09. The molecule has 1 amide bonds. The summed E-state index contributed by atoms with van der Waals surface area (Å²) in [5.41, 5.74) is 3.78. The van der Waals surface area contributed by atoms with E-state index in [4.69, 9.17) is 0 Å². The molecule has 2 heterocycles. The molecule has 116 valence electrons. The second-order valence-electron chi connectivity index (χ2n) is 5.48. The van der Waals surface area contributed by atoms with Gasteiger partial charge in [0.2, 0.25) is 0 Å². The summed E-state index contributed by atoms with van der Waals surface area (Å²) in [5, 5.41) is 7.06. The number of carbonyl (C=O) groups is 1. The number of rotatable bonds is 4. The molecular formula is C18H18N4O. The minimum atomic E-state index is -0.0707. The molecule has 0 bridgehead atoms. The van der Waals surface area contributed by atoms with Crippen molar-refractivity contribution in [3.8, 4) is 5.82 Å². The van der Waals surface area contributed by atoms with E-state index in [1.165, 1.54) is 0 Å². The van der Waals surface area contributed by atoms with Crippen molar-refractivity contribution in [1.29, 1.82) is 0 Å². The van der Waals surface area contributed by atoms with E-state index in [1.807, 2.05) is 56.4 Å². The highest BCUT2D eigenvalue weighted by Gasteiger charge is 2.08. The van der Waals surface area contributed by atoms with E-state index >= 15 is 0 Å². The number of nitrogens with one attached hydrogen (secondary N) is 1. The van der Waals surface area contributed by atoms with Crippen LogP contribution in [0.1, 0.15) is 27.0 Å². The van der Waals surface area contributed by atoms with Gasteiger partial charge in [0.15, 0.2) is 5.82 Å². The maximum Gasteiger partial charge on any atom is 0.251 e. The van der Waals surface area contributed by atoms with Crippen molar-refractivity contribution in [2.24, 2.45) is 0 Å². The molecule has 3 aromatic rings. The zero-order chi connectivity index (χ0) is 16.2. The third-order valence-electron chi connectivity index (χ3n) is 3.63. The first-order valence-electron chi connectivity index (χ1n) is 7.44. The van der Waals surface area contributed by atoms with E-state index < -0.39 is 0 Å². The summed E-state index contributed by atoms with van der Waals surface area (Å²) in [6, 6.07) is 11.5. The van der Waals surface area contributed by atoms with E-state index in [9.17, 15) is 4.79 Å². The lowest BCUT2D eigenvalue weighted by Crippen LogP contribution is -2.23. The standard InChI is InChI=1S/C18H18N4O/c1-13-4-6-16(14(2)10-13)18(23)20-12-15-5-7-17(19-11-15)22-9-3-8-21-22/h3-11H,12H2,1-2H3,(H,20,23).